The Hall–Kier alpha value is -6.76. The van der Waals surface area contributed by atoms with Crippen LogP contribution in [-0.4, -0.2) is 90.1 Å². The number of carboxylic acid groups (broad SMARTS) is 1. The minimum atomic E-state index is -4.76. The largest absolute Gasteiger partial charge is 0.573 e. The zero-order chi connectivity index (χ0) is 43.9. The van der Waals surface area contributed by atoms with Crippen molar-refractivity contribution in [2.75, 3.05) is 36.9 Å². The van der Waals surface area contributed by atoms with Crippen LogP contribution in [0.3, 0.4) is 0 Å². The van der Waals surface area contributed by atoms with Crippen LogP contribution in [0.2, 0.25) is 0 Å². The number of nitrogens with zero attached hydrogens (tertiary/aromatic N) is 7. The summed E-state index contributed by atoms with van der Waals surface area (Å²) in [6, 6.07) is 17.7. The molecule has 0 bridgehead atoms. The predicted octanol–water partition coefficient (Wildman–Crippen LogP) is 8.33. The van der Waals surface area contributed by atoms with Crippen molar-refractivity contribution in [3.05, 3.63) is 83.9 Å². The summed E-state index contributed by atoms with van der Waals surface area (Å²) in [5.41, 5.74) is 7.12. The van der Waals surface area contributed by atoms with E-state index in [0.29, 0.717) is 85.5 Å². The topological polar surface area (TPSA) is 183 Å². The van der Waals surface area contributed by atoms with Crippen molar-refractivity contribution < 1.29 is 55.2 Å². The third-order valence-electron chi connectivity index (χ3n) is 9.17. The second-order valence-corrected chi connectivity index (χ2v) is 15.4. The summed E-state index contributed by atoms with van der Waals surface area (Å²) < 4.78 is 92.3. The molecular weight excluding hydrogens is 871 g/mol. The third kappa shape index (κ3) is 9.57. The number of carbonyl (C=O) groups is 2. The molecule has 4 N–H and O–H groups in total. The lowest BCUT2D eigenvalue weighted by Gasteiger charge is -2.26. The number of anilines is 4. The molecule has 24 heteroatoms. The Labute approximate surface area is 352 Å². The fraction of sp³-hybridized carbons (Fsp3) is 0.211. The fourth-order valence-electron chi connectivity index (χ4n) is 6.28. The number of carboxylic acids is 1. The molecular formula is C38H30F6N10O6S2. The van der Waals surface area contributed by atoms with Gasteiger partial charge in [-0.25, -0.2) is 29.7 Å². The smallest absolute Gasteiger partial charge is 0.478 e. The number of carbonyl (C=O) groups excluding carboxylic acids is 1. The van der Waals surface area contributed by atoms with E-state index in [9.17, 15) is 35.9 Å². The predicted molar refractivity (Wildman–Crippen MR) is 217 cm³/mol. The van der Waals surface area contributed by atoms with Crippen molar-refractivity contribution >= 4 is 99.2 Å². The van der Waals surface area contributed by atoms with E-state index in [1.807, 2.05) is 16.6 Å². The number of halogens is 6. The number of aromatic nitrogens is 6. The number of ether oxygens (including phenoxy) is 3. The first-order valence-electron chi connectivity index (χ1n) is 18.1. The molecule has 1 aliphatic heterocycles. The molecule has 1 fully saturated rings. The van der Waals surface area contributed by atoms with Gasteiger partial charge in [-0.3, -0.25) is 10.2 Å². The van der Waals surface area contributed by atoms with Gasteiger partial charge in [-0.15, -0.1) is 26.3 Å². The van der Waals surface area contributed by atoms with Crippen LogP contribution in [-0.2, 0) is 18.8 Å². The van der Waals surface area contributed by atoms with E-state index >= 15 is 0 Å². The van der Waals surface area contributed by atoms with Crippen molar-refractivity contribution in [1.82, 2.24) is 39.5 Å². The van der Waals surface area contributed by atoms with Crippen molar-refractivity contribution in [2.45, 2.75) is 12.7 Å². The number of hydrogen-bond donors (Lipinski definition) is 4. The minimum absolute atomic E-state index is 0.120. The lowest BCUT2D eigenvalue weighted by Crippen LogP contribution is -2.48. The van der Waals surface area contributed by atoms with E-state index in [-0.39, 0.29) is 23.0 Å². The van der Waals surface area contributed by atoms with Gasteiger partial charge in [0.1, 0.15) is 11.5 Å². The summed E-state index contributed by atoms with van der Waals surface area (Å²) in [6.07, 6.45) is -9.52. The summed E-state index contributed by atoms with van der Waals surface area (Å²) in [5, 5.41) is 17.9. The van der Waals surface area contributed by atoms with Crippen molar-refractivity contribution in [3.8, 4) is 11.5 Å². The standard InChI is InChI=1S/C21H19F3N6O3S.C17H11F3N4O3S/c1-29-16-5-2-12(18(31)28-30-6-8-32-9-7-30)10-15(16)25-19(29)27-20-26-14-4-3-13(11-17(14)34-20)33-21(22,23)24;1-24-12-5-2-8(14(25)26)6-11(12)21-15(24)23-16-22-10-4-3-9(7-13(10)28-16)27-17(18,19)20/h2-5,10-11H,6-9H2,1H3,(H,28,31)(H,25,26,27);2-7H,1H3,(H,25,26)(H,21,22,23). The van der Waals surface area contributed by atoms with Gasteiger partial charge >= 0.3 is 18.7 Å². The van der Waals surface area contributed by atoms with Gasteiger partial charge in [0, 0.05) is 44.9 Å². The first-order chi connectivity index (χ1) is 29.4. The Bertz CT molecular complexity index is 2980. The normalized spacial score (nSPS) is 13.6. The number of aromatic carboxylic acids is 1. The highest BCUT2D eigenvalue weighted by atomic mass is 32.1. The third-order valence-corrected chi connectivity index (χ3v) is 11.0. The number of fused-ring (bicyclic) bond motifs is 4. The average Bonchev–Trinajstić information content (AvgIpc) is 3.96. The van der Waals surface area contributed by atoms with E-state index in [4.69, 9.17) is 9.84 Å². The van der Waals surface area contributed by atoms with Gasteiger partial charge in [0.25, 0.3) is 5.91 Å². The summed E-state index contributed by atoms with van der Waals surface area (Å²) in [6.45, 7) is 2.38. The number of aryl methyl sites for hydroxylation is 2. The van der Waals surface area contributed by atoms with Gasteiger partial charge in [0.05, 0.1) is 61.3 Å². The number of morpholine rings is 1. The molecule has 8 aromatic rings. The maximum Gasteiger partial charge on any atom is 0.573 e. The van der Waals surface area contributed by atoms with E-state index < -0.39 is 18.7 Å². The molecule has 4 aromatic heterocycles. The second kappa shape index (κ2) is 16.6. The number of benzene rings is 4. The number of hydrazine groups is 1. The Balaban J connectivity index is 0.000000174. The molecule has 0 spiro atoms. The van der Waals surface area contributed by atoms with Gasteiger partial charge in [-0.2, -0.15) is 0 Å². The van der Waals surface area contributed by atoms with Crippen LogP contribution >= 0.6 is 22.7 Å². The Morgan fingerprint density at radius 2 is 1.13 bits per heavy atom. The first kappa shape index (κ1) is 42.0. The molecule has 62 heavy (non-hydrogen) atoms. The van der Waals surface area contributed by atoms with Gasteiger partial charge in [-0.1, -0.05) is 22.7 Å². The number of thiazole rings is 2. The average molecular weight is 901 g/mol. The second-order valence-electron chi connectivity index (χ2n) is 13.4. The molecule has 9 rings (SSSR count). The number of rotatable bonds is 9. The number of imidazole rings is 2. The summed E-state index contributed by atoms with van der Waals surface area (Å²) in [5.74, 6) is -1.01. The SMILES string of the molecule is Cn1c(Nc2nc3ccc(OC(F)(F)F)cc3s2)nc2cc(C(=O)NN3CCOCC3)ccc21.Cn1c(Nc2nc3ccc(OC(F)(F)F)cc3s2)nc2cc(C(=O)O)ccc21. The Morgan fingerprint density at radius 1 is 0.661 bits per heavy atom. The fourth-order valence-corrected chi connectivity index (χ4v) is 8.06. The summed E-state index contributed by atoms with van der Waals surface area (Å²) >= 11 is 2.32. The van der Waals surface area contributed by atoms with Gasteiger partial charge < -0.3 is 39.1 Å². The summed E-state index contributed by atoms with van der Waals surface area (Å²) in [7, 11) is 3.56. The van der Waals surface area contributed by atoms with Crippen LogP contribution in [0.1, 0.15) is 20.7 Å². The highest BCUT2D eigenvalue weighted by Gasteiger charge is 2.32. The van der Waals surface area contributed by atoms with Crippen molar-refractivity contribution in [1.29, 1.82) is 0 Å². The van der Waals surface area contributed by atoms with Gasteiger partial charge in [0.2, 0.25) is 11.9 Å². The van der Waals surface area contributed by atoms with Crippen LogP contribution < -0.4 is 25.5 Å². The van der Waals surface area contributed by atoms with E-state index in [1.54, 1.807) is 35.9 Å². The molecule has 16 nitrogen and oxygen atoms in total. The van der Waals surface area contributed by atoms with E-state index in [0.717, 1.165) is 22.4 Å². The lowest BCUT2D eigenvalue weighted by molar-refractivity contribution is -0.275. The quantitative estimate of drug-likeness (QED) is 0.102. The highest BCUT2D eigenvalue weighted by Crippen LogP contribution is 2.35. The van der Waals surface area contributed by atoms with Crippen LogP contribution in [0.25, 0.3) is 42.5 Å². The Morgan fingerprint density at radius 3 is 1.60 bits per heavy atom. The molecule has 1 amide bonds. The number of amides is 1. The number of alkyl halides is 6. The molecule has 0 saturated carbocycles. The van der Waals surface area contributed by atoms with Crippen LogP contribution in [0, 0.1) is 0 Å². The maximum atomic E-state index is 12.6. The lowest BCUT2D eigenvalue weighted by atomic mass is 10.2. The Kier molecular flexibility index (Phi) is 11.2. The highest BCUT2D eigenvalue weighted by molar-refractivity contribution is 7.22. The van der Waals surface area contributed by atoms with Crippen molar-refractivity contribution in [2.24, 2.45) is 14.1 Å². The molecule has 5 heterocycles. The zero-order valence-corrected chi connectivity index (χ0v) is 33.6. The monoisotopic (exact) mass is 900 g/mol. The van der Waals surface area contributed by atoms with E-state index in [1.165, 1.54) is 59.9 Å². The molecule has 322 valence electrons. The summed E-state index contributed by atoms with van der Waals surface area (Å²) in [4.78, 5) is 41.4. The van der Waals surface area contributed by atoms with Gasteiger partial charge in [0.15, 0.2) is 10.3 Å². The molecule has 0 atom stereocenters. The van der Waals surface area contributed by atoms with Crippen LogP contribution in [0.5, 0.6) is 11.5 Å². The molecule has 0 radical (unpaired) electrons. The number of hydrogen-bond acceptors (Lipinski definition) is 14. The maximum absolute atomic E-state index is 12.6. The molecule has 1 saturated heterocycles. The molecule has 4 aromatic carbocycles. The number of nitrogens with one attached hydrogen (secondary N) is 3. The minimum Gasteiger partial charge on any atom is -0.478 e. The van der Waals surface area contributed by atoms with Gasteiger partial charge in [-0.05, 0) is 60.7 Å². The van der Waals surface area contributed by atoms with Crippen LogP contribution in [0.4, 0.5) is 48.5 Å². The van der Waals surface area contributed by atoms with E-state index in [2.05, 4.69) is 45.5 Å². The van der Waals surface area contributed by atoms with Crippen molar-refractivity contribution in [3.63, 3.8) is 0 Å². The van der Waals surface area contributed by atoms with Crippen LogP contribution in [0.15, 0.2) is 72.8 Å². The first-order valence-corrected chi connectivity index (χ1v) is 19.7. The molecule has 1 aliphatic rings. The molecule has 0 unspecified atom stereocenters. The molecule has 0 aliphatic carbocycles. The zero-order valence-electron chi connectivity index (χ0n) is 32.0.